The molecule has 2 rings (SSSR count). The summed E-state index contributed by atoms with van der Waals surface area (Å²) in [6, 6.07) is 9.46. The molecule has 1 aromatic carbocycles. The van der Waals surface area contributed by atoms with Crippen LogP contribution in [0.25, 0.3) is 0 Å². The van der Waals surface area contributed by atoms with Gasteiger partial charge in [0, 0.05) is 18.8 Å². The Morgan fingerprint density at radius 2 is 2.14 bits per heavy atom. The number of nitriles is 1. The van der Waals surface area contributed by atoms with Gasteiger partial charge in [0.05, 0.1) is 19.0 Å². The first-order chi connectivity index (χ1) is 10.7. The average molecular weight is 299 g/mol. The van der Waals surface area contributed by atoms with Crippen molar-refractivity contribution in [2.45, 2.75) is 38.8 Å². The molecule has 1 aromatic heterocycles. The monoisotopic (exact) mass is 299 g/mol. The highest BCUT2D eigenvalue weighted by molar-refractivity contribution is 5.28. The first kappa shape index (κ1) is 16.1. The van der Waals surface area contributed by atoms with Crippen molar-refractivity contribution in [3.05, 3.63) is 48.0 Å². The fourth-order valence-electron chi connectivity index (χ4n) is 2.23. The average Bonchev–Trinajstić information content (AvgIpc) is 2.94. The molecule has 5 nitrogen and oxygen atoms in total. The minimum atomic E-state index is -0.594. The van der Waals surface area contributed by atoms with Crippen LogP contribution in [0, 0.1) is 11.3 Å². The van der Waals surface area contributed by atoms with Gasteiger partial charge in [-0.25, -0.2) is 4.98 Å². The largest absolute Gasteiger partial charge is 0.491 e. The molecular weight excluding hydrogens is 278 g/mol. The fraction of sp³-hybridized carbons (Fsp3) is 0.412. The van der Waals surface area contributed by atoms with E-state index in [4.69, 9.17) is 10.00 Å². The lowest BCUT2D eigenvalue weighted by Gasteiger charge is -2.14. The molecule has 1 N–H and O–H groups in total. The van der Waals surface area contributed by atoms with E-state index < -0.39 is 6.10 Å². The third-order valence-corrected chi connectivity index (χ3v) is 3.33. The minimum absolute atomic E-state index is 0.224. The van der Waals surface area contributed by atoms with Gasteiger partial charge in [0.25, 0.3) is 0 Å². The summed E-state index contributed by atoms with van der Waals surface area (Å²) < 4.78 is 7.55. The molecule has 0 aliphatic heterocycles. The number of nitrogens with zero attached hydrogens (tertiary/aromatic N) is 3. The molecule has 1 atom stereocenters. The van der Waals surface area contributed by atoms with Crippen molar-refractivity contribution in [1.29, 1.82) is 5.26 Å². The summed E-state index contributed by atoms with van der Waals surface area (Å²) in [4.78, 5) is 4.29. The molecule has 0 spiro atoms. The number of aryl methyl sites for hydroxylation is 1. The number of aliphatic hydroxyl groups is 1. The van der Waals surface area contributed by atoms with Crippen LogP contribution in [0.4, 0.5) is 0 Å². The molecule has 5 heteroatoms. The van der Waals surface area contributed by atoms with Crippen molar-refractivity contribution in [3.8, 4) is 11.8 Å². The second-order valence-electron chi connectivity index (χ2n) is 5.19. The molecule has 22 heavy (non-hydrogen) atoms. The van der Waals surface area contributed by atoms with Gasteiger partial charge in [0.15, 0.2) is 0 Å². The molecule has 0 radical (unpaired) electrons. The van der Waals surface area contributed by atoms with Crippen molar-refractivity contribution < 1.29 is 9.84 Å². The van der Waals surface area contributed by atoms with Crippen LogP contribution in [0.15, 0.2) is 36.7 Å². The summed E-state index contributed by atoms with van der Waals surface area (Å²) in [6.45, 7) is 2.80. The van der Waals surface area contributed by atoms with E-state index in [0.717, 1.165) is 24.2 Å². The quantitative estimate of drug-likeness (QED) is 0.812. The molecule has 0 aliphatic carbocycles. The second-order valence-corrected chi connectivity index (χ2v) is 5.19. The third-order valence-electron chi connectivity index (χ3n) is 3.33. The Balaban J connectivity index is 1.83. The predicted molar refractivity (Wildman–Crippen MR) is 83.5 cm³/mol. The summed E-state index contributed by atoms with van der Waals surface area (Å²) in [7, 11) is 0. The van der Waals surface area contributed by atoms with E-state index in [2.05, 4.69) is 18.0 Å². The normalized spacial score (nSPS) is 11.9. The molecule has 0 saturated carbocycles. The first-order valence-corrected chi connectivity index (χ1v) is 7.49. The summed E-state index contributed by atoms with van der Waals surface area (Å²) >= 11 is 0. The van der Waals surface area contributed by atoms with Gasteiger partial charge < -0.3 is 14.4 Å². The summed E-state index contributed by atoms with van der Waals surface area (Å²) in [5, 5.41) is 18.7. The van der Waals surface area contributed by atoms with Gasteiger partial charge in [-0.2, -0.15) is 5.26 Å². The molecule has 1 heterocycles. The Labute approximate surface area is 130 Å². The van der Waals surface area contributed by atoms with Crippen molar-refractivity contribution in [3.63, 3.8) is 0 Å². The van der Waals surface area contributed by atoms with E-state index in [1.165, 1.54) is 0 Å². The van der Waals surface area contributed by atoms with E-state index >= 15 is 0 Å². The van der Waals surface area contributed by atoms with Crippen LogP contribution in [0.1, 0.15) is 24.7 Å². The maximum absolute atomic E-state index is 10.1. The number of aromatic nitrogens is 2. The van der Waals surface area contributed by atoms with Crippen LogP contribution in [0.5, 0.6) is 5.75 Å². The highest BCUT2D eigenvalue weighted by Gasteiger charge is 2.09. The van der Waals surface area contributed by atoms with Gasteiger partial charge in [-0.05, 0) is 24.1 Å². The van der Waals surface area contributed by atoms with Gasteiger partial charge >= 0.3 is 0 Å². The van der Waals surface area contributed by atoms with Crippen molar-refractivity contribution in [2.75, 3.05) is 6.61 Å². The van der Waals surface area contributed by atoms with Gasteiger partial charge in [0.1, 0.15) is 24.3 Å². The highest BCUT2D eigenvalue weighted by atomic mass is 16.5. The highest BCUT2D eigenvalue weighted by Crippen LogP contribution is 2.13. The van der Waals surface area contributed by atoms with Gasteiger partial charge in [-0.1, -0.05) is 19.1 Å². The van der Waals surface area contributed by atoms with Gasteiger partial charge in [0.2, 0.25) is 0 Å². The zero-order valence-corrected chi connectivity index (χ0v) is 12.8. The number of hydrogen-bond acceptors (Lipinski definition) is 4. The maximum Gasteiger partial charge on any atom is 0.119 e. The number of imidazole rings is 1. The van der Waals surface area contributed by atoms with Crippen molar-refractivity contribution >= 4 is 0 Å². The Morgan fingerprint density at radius 1 is 1.36 bits per heavy atom. The topological polar surface area (TPSA) is 71.1 Å². The van der Waals surface area contributed by atoms with E-state index in [0.29, 0.717) is 18.7 Å². The van der Waals surface area contributed by atoms with E-state index in [-0.39, 0.29) is 6.61 Å². The zero-order chi connectivity index (χ0) is 15.8. The fourth-order valence-corrected chi connectivity index (χ4v) is 2.23. The van der Waals surface area contributed by atoms with Crippen LogP contribution in [-0.2, 0) is 19.4 Å². The maximum atomic E-state index is 10.1. The van der Waals surface area contributed by atoms with Crippen LogP contribution in [0.3, 0.4) is 0 Å². The lowest BCUT2D eigenvalue weighted by atomic mass is 10.2. The molecule has 0 amide bonds. The van der Waals surface area contributed by atoms with Crippen LogP contribution >= 0.6 is 0 Å². The summed E-state index contributed by atoms with van der Waals surface area (Å²) in [5.74, 6) is 1.68. The van der Waals surface area contributed by atoms with Crippen LogP contribution in [-0.4, -0.2) is 27.4 Å². The van der Waals surface area contributed by atoms with E-state index in [1.54, 1.807) is 6.20 Å². The molecule has 0 saturated heterocycles. The molecule has 0 aliphatic rings. The molecular formula is C17H21N3O2. The minimum Gasteiger partial charge on any atom is -0.491 e. The second kappa shape index (κ2) is 8.20. The number of benzene rings is 1. The van der Waals surface area contributed by atoms with Crippen molar-refractivity contribution in [1.82, 2.24) is 9.55 Å². The molecule has 116 valence electrons. The summed E-state index contributed by atoms with van der Waals surface area (Å²) in [6.07, 6.45) is 5.37. The summed E-state index contributed by atoms with van der Waals surface area (Å²) in [5.41, 5.74) is 0.957. The smallest absolute Gasteiger partial charge is 0.119 e. The molecule has 0 bridgehead atoms. The first-order valence-electron chi connectivity index (χ1n) is 7.49. The number of hydrogen-bond donors (Lipinski definition) is 1. The Bertz CT molecular complexity index is 614. The number of rotatable bonds is 8. The number of aliphatic hydroxyl groups excluding tert-OH is 1. The standard InChI is InChI=1S/C17H21N3O2/c1-2-3-17-19-10-11-20(17)12-15(21)13-22-16-6-4-14(5-7-16)8-9-18/h4-7,10-11,15,21H,2-3,8,12-13H2,1H3. The Kier molecular flexibility index (Phi) is 5.99. The van der Waals surface area contributed by atoms with Crippen LogP contribution < -0.4 is 4.74 Å². The van der Waals surface area contributed by atoms with Gasteiger partial charge in [-0.3, -0.25) is 0 Å². The van der Waals surface area contributed by atoms with E-state index in [1.807, 2.05) is 35.0 Å². The Morgan fingerprint density at radius 3 is 2.82 bits per heavy atom. The van der Waals surface area contributed by atoms with Crippen molar-refractivity contribution in [2.24, 2.45) is 0 Å². The Hall–Kier alpha value is -2.32. The lowest BCUT2D eigenvalue weighted by molar-refractivity contribution is 0.0917. The third kappa shape index (κ3) is 4.61. The van der Waals surface area contributed by atoms with Crippen LogP contribution in [0.2, 0.25) is 0 Å². The predicted octanol–water partition coefficient (Wildman–Crippen LogP) is 2.34. The molecule has 1 unspecified atom stereocenters. The molecule has 0 fully saturated rings. The number of ether oxygens (including phenoxy) is 1. The zero-order valence-electron chi connectivity index (χ0n) is 12.8. The SMILES string of the molecule is CCCc1nccn1CC(O)COc1ccc(CC#N)cc1. The molecule has 2 aromatic rings. The van der Waals surface area contributed by atoms with E-state index in [9.17, 15) is 5.11 Å². The lowest BCUT2D eigenvalue weighted by Crippen LogP contribution is -2.24. The van der Waals surface area contributed by atoms with Gasteiger partial charge in [-0.15, -0.1) is 0 Å².